The van der Waals surface area contributed by atoms with Crippen molar-refractivity contribution in [2.75, 3.05) is 13.1 Å². The zero-order chi connectivity index (χ0) is 15.4. The number of carbonyl (C=O) groups excluding carboxylic acids is 1. The van der Waals surface area contributed by atoms with E-state index in [1.807, 2.05) is 0 Å². The van der Waals surface area contributed by atoms with E-state index >= 15 is 0 Å². The van der Waals surface area contributed by atoms with Crippen molar-refractivity contribution >= 4 is 11.9 Å². The molecule has 1 aliphatic rings. The standard InChI is InChI=1S/C16H21NO4/c1-11-9-13(5-6-14(11)18)16(21)17-8-2-3-12(10-17)4-7-15(19)20/h5-6,9,12,18H,2-4,7-8,10H2,1H3,(H,19,20). The number of carboxylic acids is 1. The number of hydrogen-bond donors (Lipinski definition) is 2. The van der Waals surface area contributed by atoms with E-state index in [1.165, 1.54) is 6.07 Å². The lowest BCUT2D eigenvalue weighted by Crippen LogP contribution is -2.40. The SMILES string of the molecule is Cc1cc(C(=O)N2CCCC(CCC(=O)O)C2)ccc1O. The van der Waals surface area contributed by atoms with Crippen LogP contribution in [0.3, 0.4) is 0 Å². The first kappa shape index (κ1) is 15.4. The smallest absolute Gasteiger partial charge is 0.303 e. The van der Waals surface area contributed by atoms with Gasteiger partial charge in [-0.3, -0.25) is 9.59 Å². The molecule has 1 heterocycles. The summed E-state index contributed by atoms with van der Waals surface area (Å²) in [4.78, 5) is 24.9. The predicted molar refractivity (Wildman–Crippen MR) is 78.3 cm³/mol. The Labute approximate surface area is 124 Å². The minimum absolute atomic E-state index is 0.0434. The largest absolute Gasteiger partial charge is 0.508 e. The Bertz CT molecular complexity index is 541. The number of carboxylic acid groups (broad SMARTS) is 1. The molecule has 0 aromatic heterocycles. The number of aliphatic carboxylic acids is 1. The molecule has 1 aromatic carbocycles. The van der Waals surface area contributed by atoms with Gasteiger partial charge in [0.25, 0.3) is 5.91 Å². The molecule has 1 amide bonds. The lowest BCUT2D eigenvalue weighted by atomic mass is 9.93. The van der Waals surface area contributed by atoms with Gasteiger partial charge in [0.2, 0.25) is 0 Å². The first-order valence-electron chi connectivity index (χ1n) is 7.28. The van der Waals surface area contributed by atoms with Crippen LogP contribution >= 0.6 is 0 Å². The van der Waals surface area contributed by atoms with Gasteiger partial charge in [-0.25, -0.2) is 0 Å². The molecular formula is C16H21NO4. The Kier molecular flexibility index (Phi) is 4.83. The van der Waals surface area contributed by atoms with Gasteiger partial charge >= 0.3 is 5.97 Å². The Balaban J connectivity index is 2.01. The maximum Gasteiger partial charge on any atom is 0.303 e. The number of hydrogen-bond acceptors (Lipinski definition) is 3. The van der Waals surface area contributed by atoms with Crippen LogP contribution < -0.4 is 0 Å². The molecule has 5 heteroatoms. The van der Waals surface area contributed by atoms with Crippen LogP contribution in [0.4, 0.5) is 0 Å². The van der Waals surface area contributed by atoms with Crippen LogP contribution in [0.25, 0.3) is 0 Å². The number of piperidine rings is 1. The van der Waals surface area contributed by atoms with E-state index in [-0.39, 0.29) is 24.0 Å². The van der Waals surface area contributed by atoms with Gasteiger partial charge in [-0.05, 0) is 55.9 Å². The topological polar surface area (TPSA) is 77.8 Å². The Morgan fingerprint density at radius 2 is 2.14 bits per heavy atom. The number of nitrogens with zero attached hydrogens (tertiary/aromatic N) is 1. The van der Waals surface area contributed by atoms with Crippen molar-refractivity contribution in [3.63, 3.8) is 0 Å². The van der Waals surface area contributed by atoms with E-state index in [0.29, 0.717) is 30.6 Å². The fourth-order valence-corrected chi connectivity index (χ4v) is 2.78. The maximum absolute atomic E-state index is 12.5. The molecule has 5 nitrogen and oxygen atoms in total. The number of carbonyl (C=O) groups is 2. The summed E-state index contributed by atoms with van der Waals surface area (Å²) in [6.07, 6.45) is 2.66. The van der Waals surface area contributed by atoms with Gasteiger partial charge in [0.1, 0.15) is 5.75 Å². The van der Waals surface area contributed by atoms with Crippen LogP contribution in [0.5, 0.6) is 5.75 Å². The Morgan fingerprint density at radius 3 is 2.81 bits per heavy atom. The Morgan fingerprint density at radius 1 is 1.38 bits per heavy atom. The monoisotopic (exact) mass is 291 g/mol. The third-order valence-electron chi connectivity index (χ3n) is 4.02. The summed E-state index contributed by atoms with van der Waals surface area (Å²) in [5.41, 5.74) is 1.25. The maximum atomic E-state index is 12.5. The summed E-state index contributed by atoms with van der Waals surface area (Å²) in [6, 6.07) is 4.86. The third kappa shape index (κ3) is 3.97. The van der Waals surface area contributed by atoms with Gasteiger partial charge < -0.3 is 15.1 Å². The minimum Gasteiger partial charge on any atom is -0.508 e. The molecule has 1 aliphatic heterocycles. The van der Waals surface area contributed by atoms with Gasteiger partial charge in [-0.2, -0.15) is 0 Å². The van der Waals surface area contributed by atoms with Crippen LogP contribution in [0.2, 0.25) is 0 Å². The molecule has 0 bridgehead atoms. The highest BCUT2D eigenvalue weighted by Gasteiger charge is 2.25. The summed E-state index contributed by atoms with van der Waals surface area (Å²) in [7, 11) is 0. The minimum atomic E-state index is -0.785. The number of amides is 1. The van der Waals surface area contributed by atoms with Crippen molar-refractivity contribution in [3.8, 4) is 5.75 Å². The number of aromatic hydroxyl groups is 1. The van der Waals surface area contributed by atoms with Gasteiger partial charge in [0.05, 0.1) is 0 Å². The first-order valence-corrected chi connectivity index (χ1v) is 7.28. The summed E-state index contributed by atoms with van der Waals surface area (Å²) in [5.74, 6) is -0.382. The van der Waals surface area contributed by atoms with E-state index in [0.717, 1.165) is 12.8 Å². The summed E-state index contributed by atoms with van der Waals surface area (Å²) in [5, 5.41) is 18.3. The zero-order valence-electron chi connectivity index (χ0n) is 12.2. The second-order valence-electron chi connectivity index (χ2n) is 5.69. The zero-order valence-corrected chi connectivity index (χ0v) is 12.2. The van der Waals surface area contributed by atoms with Crippen LogP contribution in [0.15, 0.2) is 18.2 Å². The number of phenols is 1. The van der Waals surface area contributed by atoms with Crippen molar-refractivity contribution in [1.82, 2.24) is 4.90 Å². The molecule has 1 saturated heterocycles. The van der Waals surface area contributed by atoms with Gasteiger partial charge in [0, 0.05) is 25.1 Å². The Hall–Kier alpha value is -2.04. The second-order valence-corrected chi connectivity index (χ2v) is 5.69. The number of likely N-dealkylation sites (tertiary alicyclic amines) is 1. The van der Waals surface area contributed by atoms with E-state index in [9.17, 15) is 14.7 Å². The lowest BCUT2D eigenvalue weighted by Gasteiger charge is -2.32. The number of aryl methyl sites for hydroxylation is 1. The lowest BCUT2D eigenvalue weighted by molar-refractivity contribution is -0.137. The molecule has 1 aromatic rings. The predicted octanol–water partition coefficient (Wildman–Crippen LogP) is 2.42. The fraction of sp³-hybridized carbons (Fsp3) is 0.500. The first-order chi connectivity index (χ1) is 9.97. The fourth-order valence-electron chi connectivity index (χ4n) is 2.78. The van der Waals surface area contributed by atoms with Crippen LogP contribution in [0.1, 0.15) is 41.6 Å². The van der Waals surface area contributed by atoms with Crippen LogP contribution in [0, 0.1) is 12.8 Å². The molecule has 0 spiro atoms. The second kappa shape index (κ2) is 6.61. The van der Waals surface area contributed by atoms with Crippen LogP contribution in [-0.2, 0) is 4.79 Å². The van der Waals surface area contributed by atoms with E-state index in [1.54, 1.807) is 24.0 Å². The highest BCUT2D eigenvalue weighted by Crippen LogP contribution is 2.24. The molecule has 2 N–H and O–H groups in total. The van der Waals surface area contributed by atoms with Gasteiger partial charge in [0.15, 0.2) is 0 Å². The summed E-state index contributed by atoms with van der Waals surface area (Å²) < 4.78 is 0. The quantitative estimate of drug-likeness (QED) is 0.893. The normalized spacial score (nSPS) is 18.5. The molecule has 0 radical (unpaired) electrons. The average Bonchev–Trinajstić information content (AvgIpc) is 2.47. The number of phenolic OH excluding ortho intramolecular Hbond substituents is 1. The summed E-state index contributed by atoms with van der Waals surface area (Å²) in [6.45, 7) is 3.09. The average molecular weight is 291 g/mol. The highest BCUT2D eigenvalue weighted by molar-refractivity contribution is 5.94. The number of benzene rings is 1. The van der Waals surface area contributed by atoms with Crippen LogP contribution in [-0.4, -0.2) is 40.1 Å². The third-order valence-corrected chi connectivity index (χ3v) is 4.02. The molecule has 114 valence electrons. The summed E-state index contributed by atoms with van der Waals surface area (Å²) >= 11 is 0. The van der Waals surface area contributed by atoms with E-state index < -0.39 is 5.97 Å². The van der Waals surface area contributed by atoms with E-state index in [2.05, 4.69) is 0 Å². The van der Waals surface area contributed by atoms with Crippen molar-refractivity contribution in [1.29, 1.82) is 0 Å². The molecule has 1 atom stereocenters. The molecule has 21 heavy (non-hydrogen) atoms. The van der Waals surface area contributed by atoms with Crippen molar-refractivity contribution in [3.05, 3.63) is 29.3 Å². The van der Waals surface area contributed by atoms with Crippen molar-refractivity contribution < 1.29 is 19.8 Å². The molecule has 1 unspecified atom stereocenters. The molecule has 0 saturated carbocycles. The van der Waals surface area contributed by atoms with Gasteiger partial charge in [-0.1, -0.05) is 0 Å². The molecule has 2 rings (SSSR count). The highest BCUT2D eigenvalue weighted by atomic mass is 16.4. The molecule has 0 aliphatic carbocycles. The van der Waals surface area contributed by atoms with Crippen molar-refractivity contribution in [2.45, 2.75) is 32.6 Å². The molecule has 1 fully saturated rings. The number of rotatable bonds is 4. The molecular weight excluding hydrogens is 270 g/mol. The van der Waals surface area contributed by atoms with Gasteiger partial charge in [-0.15, -0.1) is 0 Å². The van der Waals surface area contributed by atoms with E-state index in [4.69, 9.17) is 5.11 Å². The van der Waals surface area contributed by atoms with Crippen molar-refractivity contribution in [2.24, 2.45) is 5.92 Å².